The molecule has 0 spiro atoms. The Hall–Kier alpha value is -5.07. The van der Waals surface area contributed by atoms with E-state index in [2.05, 4.69) is 25.4 Å². The van der Waals surface area contributed by atoms with Crippen LogP contribution in [0.5, 0.6) is 5.75 Å². The van der Waals surface area contributed by atoms with E-state index in [1.807, 2.05) is 72.8 Å². The molecule has 2 saturated heterocycles. The van der Waals surface area contributed by atoms with Gasteiger partial charge in [-0.25, -0.2) is 9.18 Å². The molecule has 1 atom stereocenters. The number of hydrogen-bond donors (Lipinski definition) is 5. The van der Waals surface area contributed by atoms with E-state index in [-0.39, 0.29) is 29.3 Å². The molecule has 0 unspecified atom stereocenters. The number of hydrogen-bond acceptors (Lipinski definition) is 8. The van der Waals surface area contributed by atoms with Crippen LogP contribution in [-0.4, -0.2) is 76.0 Å². The molecule has 0 radical (unpaired) electrons. The molecular formula is C42H46FN5O5. The number of aromatic hydroxyl groups is 1. The normalized spacial score (nSPS) is 16.8. The molecule has 5 aromatic rings. The molecule has 7 rings (SSSR count). The van der Waals surface area contributed by atoms with Crippen molar-refractivity contribution in [3.63, 3.8) is 0 Å². The molecule has 0 bridgehead atoms. The van der Waals surface area contributed by atoms with Gasteiger partial charge in [-0.2, -0.15) is 0 Å². The number of H-pyrrole nitrogens is 1. The summed E-state index contributed by atoms with van der Waals surface area (Å²) in [6.45, 7) is 4.40. The van der Waals surface area contributed by atoms with Gasteiger partial charge in [-0.1, -0.05) is 72.8 Å². The monoisotopic (exact) mass is 719 g/mol. The fourth-order valence-electron chi connectivity index (χ4n) is 7.53. The third-order valence-electron chi connectivity index (χ3n) is 10.5. The Balaban J connectivity index is 0.850. The van der Waals surface area contributed by atoms with Gasteiger partial charge in [0.15, 0.2) is 0 Å². The van der Waals surface area contributed by atoms with Crippen LogP contribution in [0.4, 0.5) is 14.9 Å². The van der Waals surface area contributed by atoms with Crippen LogP contribution < -0.4 is 16.2 Å². The van der Waals surface area contributed by atoms with Crippen LogP contribution in [0.25, 0.3) is 22.0 Å². The SMILES string of the molecule is O=C(Nc1ccccc1-c1ccccc1)OC1CCN(Cc2cccc(CN3CCC(NC[C@@H](O)c4ccc(O)c5[nH]c(=O)ccc45)CC3)c2F)CC1. The molecule has 10 nitrogen and oxygen atoms in total. The molecule has 53 heavy (non-hydrogen) atoms. The summed E-state index contributed by atoms with van der Waals surface area (Å²) in [4.78, 5) is 31.7. The number of phenolic OH excluding ortho intramolecular Hbond substituents is 1. The van der Waals surface area contributed by atoms with Gasteiger partial charge < -0.3 is 25.3 Å². The molecular weight excluding hydrogens is 673 g/mol. The average molecular weight is 720 g/mol. The van der Waals surface area contributed by atoms with Gasteiger partial charge in [-0.15, -0.1) is 0 Å². The Morgan fingerprint density at radius 3 is 2.21 bits per heavy atom. The highest BCUT2D eigenvalue weighted by atomic mass is 19.1. The third-order valence-corrected chi connectivity index (χ3v) is 10.5. The fraction of sp³-hybridized carbons (Fsp3) is 0.333. The molecule has 2 aliphatic rings. The number of likely N-dealkylation sites (tertiary alicyclic amines) is 2. The Bertz CT molecular complexity index is 2080. The molecule has 1 aromatic heterocycles. The van der Waals surface area contributed by atoms with Crippen LogP contribution in [0.15, 0.2) is 102 Å². The number of aromatic nitrogens is 1. The van der Waals surface area contributed by atoms with Crippen LogP contribution in [0.3, 0.4) is 0 Å². The second-order valence-electron chi connectivity index (χ2n) is 14.1. The first-order valence-electron chi connectivity index (χ1n) is 18.4. The second-order valence-corrected chi connectivity index (χ2v) is 14.1. The summed E-state index contributed by atoms with van der Waals surface area (Å²) in [5.41, 5.74) is 4.65. The number of aliphatic hydroxyl groups is 1. The zero-order valence-electron chi connectivity index (χ0n) is 29.6. The number of para-hydroxylation sites is 1. The van der Waals surface area contributed by atoms with Crippen molar-refractivity contribution >= 4 is 22.7 Å². The third kappa shape index (κ3) is 8.94. The fourth-order valence-corrected chi connectivity index (χ4v) is 7.53. The second kappa shape index (κ2) is 16.7. The summed E-state index contributed by atoms with van der Waals surface area (Å²) in [5, 5.41) is 28.1. The Morgan fingerprint density at radius 1 is 0.830 bits per heavy atom. The molecule has 11 heteroatoms. The van der Waals surface area contributed by atoms with E-state index in [1.165, 1.54) is 12.1 Å². The van der Waals surface area contributed by atoms with Gasteiger partial charge in [0.05, 0.1) is 17.3 Å². The molecule has 2 aliphatic heterocycles. The van der Waals surface area contributed by atoms with Gasteiger partial charge in [-0.05, 0) is 68.1 Å². The zero-order chi connectivity index (χ0) is 36.7. The number of piperidine rings is 2. The lowest BCUT2D eigenvalue weighted by atomic mass is 10.0. The van der Waals surface area contributed by atoms with E-state index in [9.17, 15) is 19.8 Å². The molecule has 5 N–H and O–H groups in total. The largest absolute Gasteiger partial charge is 0.506 e. The van der Waals surface area contributed by atoms with Gasteiger partial charge in [0.2, 0.25) is 5.56 Å². The number of ether oxygens (including phenoxy) is 1. The maximum absolute atomic E-state index is 15.8. The van der Waals surface area contributed by atoms with Crippen LogP contribution in [0, 0.1) is 5.82 Å². The molecule has 2 fully saturated rings. The lowest BCUT2D eigenvalue weighted by Gasteiger charge is -2.33. The van der Waals surface area contributed by atoms with E-state index >= 15 is 4.39 Å². The number of benzene rings is 4. The predicted octanol–water partition coefficient (Wildman–Crippen LogP) is 6.54. The average Bonchev–Trinajstić information content (AvgIpc) is 3.17. The van der Waals surface area contributed by atoms with E-state index in [1.54, 1.807) is 12.1 Å². The summed E-state index contributed by atoms with van der Waals surface area (Å²) in [6.07, 6.45) is 1.61. The summed E-state index contributed by atoms with van der Waals surface area (Å²) in [7, 11) is 0. The minimum atomic E-state index is -0.815. The van der Waals surface area contributed by atoms with Gasteiger partial charge >= 0.3 is 6.09 Å². The number of aromatic amines is 1. The summed E-state index contributed by atoms with van der Waals surface area (Å²) in [5.74, 6) is -0.195. The molecule has 0 aliphatic carbocycles. The van der Waals surface area contributed by atoms with Gasteiger partial charge in [0.1, 0.15) is 17.7 Å². The lowest BCUT2D eigenvalue weighted by Crippen LogP contribution is -2.43. The number of anilines is 1. The number of amides is 1. The maximum atomic E-state index is 15.8. The van der Waals surface area contributed by atoms with E-state index in [0.29, 0.717) is 78.8 Å². The van der Waals surface area contributed by atoms with Crippen LogP contribution in [0.1, 0.15) is 48.5 Å². The maximum Gasteiger partial charge on any atom is 0.411 e. The van der Waals surface area contributed by atoms with Crippen molar-refractivity contribution in [2.45, 2.75) is 57.0 Å². The first-order chi connectivity index (χ1) is 25.8. The van der Waals surface area contributed by atoms with Gasteiger partial charge in [0, 0.05) is 66.9 Å². The molecule has 276 valence electrons. The zero-order valence-corrected chi connectivity index (χ0v) is 29.6. The Labute approximate surface area is 308 Å². The first-order valence-corrected chi connectivity index (χ1v) is 18.4. The number of halogens is 1. The van der Waals surface area contributed by atoms with Gasteiger partial charge in [0.25, 0.3) is 0 Å². The molecule has 3 heterocycles. The number of fused-ring (bicyclic) bond motifs is 1. The van der Waals surface area contributed by atoms with Crippen molar-refractivity contribution in [3.05, 3.63) is 130 Å². The standard InChI is InChI=1S/C42H46FN5O5/c43-40-29(26-47-21-17-31(18-22-47)44-25-38(50)34-13-15-37(49)41-35(34)14-16-39(51)46-41)9-6-10-30(40)27-48-23-19-32(20-24-48)53-42(52)45-36-12-5-4-11-33(36)28-7-2-1-3-8-28/h1-16,31-32,38,44,49-50H,17-27H2,(H,45,52)(H,46,51)/t38-/m1/s1. The highest BCUT2D eigenvalue weighted by Gasteiger charge is 2.25. The Morgan fingerprint density at radius 2 is 1.49 bits per heavy atom. The van der Waals surface area contributed by atoms with Crippen molar-refractivity contribution in [1.29, 1.82) is 0 Å². The molecule has 0 saturated carbocycles. The molecule has 4 aromatic carbocycles. The number of carbonyl (C=O) groups is 1. The summed E-state index contributed by atoms with van der Waals surface area (Å²) >= 11 is 0. The summed E-state index contributed by atoms with van der Waals surface area (Å²) in [6, 6.07) is 29.6. The quantitative estimate of drug-likeness (QED) is 0.104. The van der Waals surface area contributed by atoms with Gasteiger partial charge in [-0.3, -0.25) is 19.9 Å². The number of carbonyl (C=O) groups excluding carboxylic acids is 1. The number of phenols is 1. The number of rotatable bonds is 11. The van der Waals surface area contributed by atoms with Crippen LogP contribution >= 0.6 is 0 Å². The predicted molar refractivity (Wildman–Crippen MR) is 204 cm³/mol. The molecule has 1 amide bonds. The number of aliphatic hydroxyl groups excluding tert-OH is 1. The highest BCUT2D eigenvalue weighted by Crippen LogP contribution is 2.30. The van der Waals surface area contributed by atoms with Crippen molar-refractivity contribution in [2.24, 2.45) is 0 Å². The van der Waals surface area contributed by atoms with Crippen molar-refractivity contribution in [1.82, 2.24) is 20.1 Å². The first kappa shape index (κ1) is 36.3. The minimum Gasteiger partial charge on any atom is -0.506 e. The number of nitrogens with one attached hydrogen (secondary N) is 3. The smallest absolute Gasteiger partial charge is 0.411 e. The number of pyridine rings is 1. The van der Waals surface area contributed by atoms with Crippen LogP contribution in [0.2, 0.25) is 0 Å². The van der Waals surface area contributed by atoms with Crippen molar-refractivity contribution in [2.75, 3.05) is 38.0 Å². The van der Waals surface area contributed by atoms with Crippen molar-refractivity contribution in [3.8, 4) is 16.9 Å². The van der Waals surface area contributed by atoms with E-state index < -0.39 is 12.2 Å². The van der Waals surface area contributed by atoms with E-state index in [4.69, 9.17) is 4.74 Å². The van der Waals surface area contributed by atoms with Crippen molar-refractivity contribution < 1.29 is 24.1 Å². The Kier molecular flexibility index (Phi) is 11.5. The number of nitrogens with zero attached hydrogens (tertiary/aromatic N) is 2. The van der Waals surface area contributed by atoms with E-state index in [0.717, 1.165) is 37.1 Å². The lowest BCUT2D eigenvalue weighted by molar-refractivity contribution is 0.0564. The topological polar surface area (TPSA) is 130 Å². The minimum absolute atomic E-state index is 0.0358. The summed E-state index contributed by atoms with van der Waals surface area (Å²) < 4.78 is 21.6. The van der Waals surface area contributed by atoms with Crippen LogP contribution in [-0.2, 0) is 17.8 Å². The highest BCUT2D eigenvalue weighted by molar-refractivity contribution is 5.91.